The maximum absolute atomic E-state index is 7.48. The minimum absolute atomic E-state index is 0.227. The molecule has 0 amide bonds. The fraction of sp³-hybridized carbons (Fsp3) is 0.368. The van der Waals surface area contributed by atoms with Crippen molar-refractivity contribution in [3.8, 4) is 0 Å². The lowest BCUT2D eigenvalue weighted by atomic mass is 10.0. The van der Waals surface area contributed by atoms with Gasteiger partial charge in [-0.25, -0.2) is 4.99 Å². The third kappa shape index (κ3) is 4.64. The van der Waals surface area contributed by atoms with Crippen LogP contribution in [-0.4, -0.2) is 35.3 Å². The lowest BCUT2D eigenvalue weighted by Crippen LogP contribution is -2.30. The molecular weight excluding hydrogens is 358 g/mol. The summed E-state index contributed by atoms with van der Waals surface area (Å²) in [4.78, 5) is 6.78. The van der Waals surface area contributed by atoms with Crippen molar-refractivity contribution in [2.45, 2.75) is 25.5 Å². The molecule has 1 unspecified atom stereocenters. The van der Waals surface area contributed by atoms with Crippen LogP contribution >= 0.6 is 11.9 Å². The molecule has 0 radical (unpaired) electrons. The van der Waals surface area contributed by atoms with Gasteiger partial charge >= 0.3 is 0 Å². The lowest BCUT2D eigenvalue weighted by molar-refractivity contribution is 0.436. The molecule has 3 aliphatic rings. The summed E-state index contributed by atoms with van der Waals surface area (Å²) in [5.41, 5.74) is 9.98. The number of nitrogens with one attached hydrogen (secondary N) is 3. The highest BCUT2D eigenvalue weighted by Gasteiger charge is 2.25. The van der Waals surface area contributed by atoms with E-state index in [0.29, 0.717) is 16.9 Å². The van der Waals surface area contributed by atoms with Crippen molar-refractivity contribution in [1.82, 2.24) is 15.5 Å². The molecule has 0 aromatic carbocycles. The molecule has 1 saturated heterocycles. The average Bonchev–Trinajstić information content (AvgIpc) is 3.14. The molecule has 1 atom stereocenters. The largest absolute Gasteiger partial charge is 0.384 e. The number of likely N-dealkylation sites (tertiary alicyclic amines) is 1. The smallest absolute Gasteiger partial charge is 0.132 e. The number of allylic oxidation sites excluding steroid dienone is 4. The van der Waals surface area contributed by atoms with Gasteiger partial charge in [-0.1, -0.05) is 25.8 Å². The van der Waals surface area contributed by atoms with Crippen LogP contribution in [0.2, 0.25) is 0 Å². The van der Waals surface area contributed by atoms with E-state index in [4.69, 9.17) is 16.3 Å². The molecule has 7 N–H and O–H groups in total. The first-order valence-corrected chi connectivity index (χ1v) is 9.99. The molecule has 3 aliphatic heterocycles. The van der Waals surface area contributed by atoms with Crippen molar-refractivity contribution in [2.24, 2.45) is 21.8 Å². The molecule has 0 spiro atoms. The molecule has 0 aliphatic carbocycles. The Morgan fingerprint density at radius 3 is 2.89 bits per heavy atom. The molecule has 0 aromatic heterocycles. The highest BCUT2D eigenvalue weighted by Crippen LogP contribution is 2.26. The van der Waals surface area contributed by atoms with Crippen molar-refractivity contribution >= 4 is 24.0 Å². The summed E-state index contributed by atoms with van der Waals surface area (Å²) in [6.07, 6.45) is 12.2. The standard InChI is InChI=1S/C19H27N7S/c1-12(2)13(9-20)7-18(21)25-19-4-3-16-17(24-19)8-14(10-23-16)26-6-5-15(11-26)27-22/h3-4,7-10,12,15,20,23-24H,5-6,11,22H2,1-2H3,(H2,21,25). The molecule has 1 fully saturated rings. The van der Waals surface area contributed by atoms with E-state index in [-0.39, 0.29) is 5.92 Å². The first kappa shape index (κ1) is 19.3. The van der Waals surface area contributed by atoms with Crippen LogP contribution in [0.4, 0.5) is 0 Å². The normalized spacial score (nSPS) is 23.0. The SMILES string of the molecule is CC(C)C(C=N)=CC(N)=NC1=CC=C2NC=C(N3CCC(SN)C3)C=C2N1. The van der Waals surface area contributed by atoms with Crippen molar-refractivity contribution in [3.63, 3.8) is 0 Å². The van der Waals surface area contributed by atoms with Gasteiger partial charge in [0, 0.05) is 30.8 Å². The van der Waals surface area contributed by atoms with Gasteiger partial charge in [-0.3, -0.25) is 5.14 Å². The Kier molecular flexibility index (Phi) is 6.08. The zero-order valence-electron chi connectivity index (χ0n) is 15.7. The summed E-state index contributed by atoms with van der Waals surface area (Å²) in [5.74, 6) is 1.27. The molecule has 0 bridgehead atoms. The first-order chi connectivity index (χ1) is 13.0. The van der Waals surface area contributed by atoms with Crippen LogP contribution < -0.4 is 21.5 Å². The minimum Gasteiger partial charge on any atom is -0.384 e. The van der Waals surface area contributed by atoms with Gasteiger partial charge in [-0.05, 0) is 42.2 Å². The van der Waals surface area contributed by atoms with E-state index < -0.39 is 0 Å². The number of nitrogens with two attached hydrogens (primary N) is 2. The summed E-state index contributed by atoms with van der Waals surface area (Å²) in [6.45, 7) is 6.01. The van der Waals surface area contributed by atoms with Gasteiger partial charge in [-0.15, -0.1) is 0 Å². The van der Waals surface area contributed by atoms with Gasteiger partial charge in [-0.2, -0.15) is 0 Å². The molecule has 0 saturated carbocycles. The topological polar surface area (TPSA) is 116 Å². The van der Waals surface area contributed by atoms with Gasteiger partial charge < -0.3 is 26.7 Å². The second-order valence-corrected chi connectivity index (χ2v) is 7.94. The van der Waals surface area contributed by atoms with Crippen molar-refractivity contribution in [3.05, 3.63) is 59.0 Å². The maximum atomic E-state index is 7.48. The van der Waals surface area contributed by atoms with Crippen molar-refractivity contribution in [1.29, 1.82) is 5.41 Å². The van der Waals surface area contributed by atoms with Crippen molar-refractivity contribution < 1.29 is 0 Å². The van der Waals surface area contributed by atoms with Gasteiger partial charge in [0.1, 0.15) is 11.7 Å². The van der Waals surface area contributed by atoms with E-state index in [1.807, 2.05) is 32.2 Å². The zero-order chi connectivity index (χ0) is 19.4. The Morgan fingerprint density at radius 2 is 2.22 bits per heavy atom. The minimum atomic E-state index is 0.227. The molecule has 144 valence electrons. The molecule has 3 heterocycles. The Bertz CT molecular complexity index is 786. The Hall–Kier alpha value is -2.45. The van der Waals surface area contributed by atoms with E-state index >= 15 is 0 Å². The van der Waals surface area contributed by atoms with Crippen LogP contribution in [0.15, 0.2) is 64.0 Å². The Labute approximate surface area is 164 Å². The third-order valence-corrected chi connectivity index (χ3v) is 5.50. The highest BCUT2D eigenvalue weighted by atomic mass is 32.2. The van der Waals surface area contributed by atoms with E-state index in [1.165, 1.54) is 18.2 Å². The summed E-state index contributed by atoms with van der Waals surface area (Å²) >= 11 is 1.44. The summed E-state index contributed by atoms with van der Waals surface area (Å²) in [7, 11) is 0. The predicted octanol–water partition coefficient (Wildman–Crippen LogP) is 1.91. The van der Waals surface area contributed by atoms with E-state index in [9.17, 15) is 0 Å². The number of amidine groups is 1. The van der Waals surface area contributed by atoms with Crippen LogP contribution in [0.5, 0.6) is 0 Å². The summed E-state index contributed by atoms with van der Waals surface area (Å²) < 4.78 is 0. The van der Waals surface area contributed by atoms with Crippen LogP contribution in [-0.2, 0) is 0 Å². The average molecular weight is 386 g/mol. The van der Waals surface area contributed by atoms with E-state index in [2.05, 4.69) is 26.6 Å². The summed E-state index contributed by atoms with van der Waals surface area (Å²) in [6, 6.07) is 0. The maximum Gasteiger partial charge on any atom is 0.132 e. The van der Waals surface area contributed by atoms with E-state index in [0.717, 1.165) is 42.2 Å². The van der Waals surface area contributed by atoms with Gasteiger partial charge in [0.15, 0.2) is 0 Å². The number of hydrogen-bond donors (Lipinski definition) is 5. The molecule has 27 heavy (non-hydrogen) atoms. The number of aliphatic imine (C=N–C) groups is 1. The number of dihydropyridines is 2. The third-order valence-electron chi connectivity index (χ3n) is 4.73. The fourth-order valence-corrected chi connectivity index (χ4v) is 3.63. The highest BCUT2D eigenvalue weighted by molar-refractivity contribution is 7.97. The lowest BCUT2D eigenvalue weighted by Gasteiger charge is -2.27. The first-order valence-electron chi connectivity index (χ1n) is 9.04. The number of hydrogen-bond acceptors (Lipinski definition) is 7. The zero-order valence-corrected chi connectivity index (χ0v) is 16.5. The fourth-order valence-electron chi connectivity index (χ4n) is 3.12. The van der Waals surface area contributed by atoms with Gasteiger partial charge in [0.25, 0.3) is 0 Å². The number of nitrogens with zero attached hydrogens (tertiary/aromatic N) is 2. The van der Waals surface area contributed by atoms with E-state index in [1.54, 1.807) is 6.08 Å². The molecule has 8 heteroatoms. The second-order valence-electron chi connectivity index (χ2n) is 7.00. The summed E-state index contributed by atoms with van der Waals surface area (Å²) in [5, 5.41) is 20.3. The van der Waals surface area contributed by atoms with Crippen LogP contribution in [0.1, 0.15) is 20.3 Å². The van der Waals surface area contributed by atoms with Crippen LogP contribution in [0, 0.1) is 11.3 Å². The molecular formula is C19H27N7S. The van der Waals surface area contributed by atoms with Crippen LogP contribution in [0.3, 0.4) is 0 Å². The van der Waals surface area contributed by atoms with Crippen LogP contribution in [0.25, 0.3) is 0 Å². The quantitative estimate of drug-likeness (QED) is 0.271. The monoisotopic (exact) mass is 385 g/mol. The molecule has 7 nitrogen and oxygen atoms in total. The van der Waals surface area contributed by atoms with Gasteiger partial charge in [0.05, 0.1) is 17.1 Å². The van der Waals surface area contributed by atoms with Crippen molar-refractivity contribution in [2.75, 3.05) is 13.1 Å². The Balaban J connectivity index is 1.72. The van der Waals surface area contributed by atoms with Gasteiger partial charge in [0.2, 0.25) is 0 Å². The second kappa shape index (κ2) is 8.49. The number of rotatable bonds is 6. The molecule has 0 aromatic rings. The predicted molar refractivity (Wildman–Crippen MR) is 114 cm³/mol. The Morgan fingerprint density at radius 1 is 1.41 bits per heavy atom. The molecule has 3 rings (SSSR count). The number of fused-ring (bicyclic) bond motifs is 1.